The van der Waals surface area contributed by atoms with Gasteiger partial charge in [-0.25, -0.2) is 0 Å². The Balaban J connectivity index is 2.39. The summed E-state index contributed by atoms with van der Waals surface area (Å²) in [6.07, 6.45) is 3.27. The summed E-state index contributed by atoms with van der Waals surface area (Å²) in [5, 5.41) is 1.24. The number of benzene rings is 1. The number of hydrogen-bond acceptors (Lipinski definition) is 1. The van der Waals surface area contributed by atoms with Crippen molar-refractivity contribution in [2.75, 3.05) is 0 Å². The first-order chi connectivity index (χ1) is 7.31. The highest BCUT2D eigenvalue weighted by atomic mass is 16.1. The topological polar surface area (TPSA) is 32.9 Å². The Morgan fingerprint density at radius 3 is 3.13 bits per heavy atom. The zero-order valence-electron chi connectivity index (χ0n) is 8.71. The van der Waals surface area contributed by atoms with Gasteiger partial charge in [0.2, 0.25) is 0 Å². The summed E-state index contributed by atoms with van der Waals surface area (Å²) in [7, 11) is 0. The Morgan fingerprint density at radius 1 is 1.47 bits per heavy atom. The fourth-order valence-electron chi connectivity index (χ4n) is 2.68. The second-order valence-electron chi connectivity index (χ2n) is 4.34. The van der Waals surface area contributed by atoms with Crippen LogP contribution in [-0.2, 0) is 6.42 Å². The molecule has 1 heterocycles. The van der Waals surface area contributed by atoms with Crippen molar-refractivity contribution in [1.82, 2.24) is 4.98 Å². The number of para-hydroxylation sites is 1. The zero-order valence-corrected chi connectivity index (χ0v) is 8.71. The molecule has 0 saturated carbocycles. The number of rotatable bonds is 1. The lowest BCUT2D eigenvalue weighted by atomic mass is 10.0. The molecule has 1 aromatic carbocycles. The van der Waals surface area contributed by atoms with Crippen molar-refractivity contribution >= 4 is 17.2 Å². The Hall–Kier alpha value is -1.57. The first-order valence-corrected chi connectivity index (χ1v) is 5.40. The average molecular weight is 199 g/mol. The van der Waals surface area contributed by atoms with Gasteiger partial charge in [0.15, 0.2) is 6.29 Å². The third-order valence-corrected chi connectivity index (χ3v) is 3.43. The number of hydrogen-bond donors (Lipinski definition) is 1. The Morgan fingerprint density at radius 2 is 2.33 bits per heavy atom. The number of carbonyl (C=O) groups excluding carboxylic acids is 1. The maximum absolute atomic E-state index is 10.9. The predicted molar refractivity (Wildman–Crippen MR) is 60.4 cm³/mol. The number of aryl methyl sites for hydroxylation is 1. The summed E-state index contributed by atoms with van der Waals surface area (Å²) in [5.41, 5.74) is 4.54. The Labute approximate surface area is 88.3 Å². The molecule has 2 aromatic rings. The molecule has 1 unspecified atom stereocenters. The van der Waals surface area contributed by atoms with E-state index in [1.54, 1.807) is 0 Å². The van der Waals surface area contributed by atoms with Crippen LogP contribution in [0.3, 0.4) is 0 Å². The van der Waals surface area contributed by atoms with Gasteiger partial charge in [0.1, 0.15) is 0 Å². The summed E-state index contributed by atoms with van der Waals surface area (Å²) in [6.45, 7) is 2.26. The smallest absolute Gasteiger partial charge is 0.152 e. The minimum absolute atomic E-state index is 0.621. The molecule has 0 aliphatic heterocycles. The number of aromatic amines is 1. The predicted octanol–water partition coefficient (Wildman–Crippen LogP) is 3.03. The van der Waals surface area contributed by atoms with Gasteiger partial charge in [-0.3, -0.25) is 4.79 Å². The lowest BCUT2D eigenvalue weighted by molar-refractivity contribution is 0.112. The van der Waals surface area contributed by atoms with Crippen LogP contribution in [0.25, 0.3) is 10.9 Å². The largest absolute Gasteiger partial charge is 0.358 e. The van der Waals surface area contributed by atoms with Crippen LogP contribution in [0.1, 0.15) is 40.9 Å². The SMILES string of the molecule is CC1CCc2[nH]c3c(C=O)cccc3c21. The highest BCUT2D eigenvalue weighted by Crippen LogP contribution is 2.38. The summed E-state index contributed by atoms with van der Waals surface area (Å²) >= 11 is 0. The third-order valence-electron chi connectivity index (χ3n) is 3.43. The van der Waals surface area contributed by atoms with E-state index in [1.807, 2.05) is 12.1 Å². The number of aldehydes is 1. The van der Waals surface area contributed by atoms with Crippen LogP contribution in [-0.4, -0.2) is 11.3 Å². The van der Waals surface area contributed by atoms with Gasteiger partial charge in [-0.15, -0.1) is 0 Å². The van der Waals surface area contributed by atoms with E-state index in [1.165, 1.54) is 23.1 Å². The minimum Gasteiger partial charge on any atom is -0.358 e. The molecule has 3 rings (SSSR count). The van der Waals surface area contributed by atoms with Gasteiger partial charge >= 0.3 is 0 Å². The fourth-order valence-corrected chi connectivity index (χ4v) is 2.68. The van der Waals surface area contributed by atoms with E-state index in [4.69, 9.17) is 0 Å². The van der Waals surface area contributed by atoms with E-state index < -0.39 is 0 Å². The standard InChI is InChI=1S/C13H13NO/c1-8-5-6-11-12(8)10-4-2-3-9(7-15)13(10)14-11/h2-4,7-8,14H,5-6H2,1H3. The molecule has 2 heteroatoms. The molecule has 1 aliphatic carbocycles. The lowest BCUT2D eigenvalue weighted by Crippen LogP contribution is -1.86. The van der Waals surface area contributed by atoms with Crippen LogP contribution in [0.5, 0.6) is 0 Å². The zero-order chi connectivity index (χ0) is 10.4. The summed E-state index contributed by atoms with van der Waals surface area (Å²) in [6, 6.07) is 5.94. The summed E-state index contributed by atoms with van der Waals surface area (Å²) in [4.78, 5) is 14.3. The minimum atomic E-state index is 0.621. The van der Waals surface area contributed by atoms with Crippen molar-refractivity contribution in [2.24, 2.45) is 0 Å². The maximum Gasteiger partial charge on any atom is 0.152 e. The van der Waals surface area contributed by atoms with Crippen LogP contribution in [0.4, 0.5) is 0 Å². The van der Waals surface area contributed by atoms with Crippen molar-refractivity contribution in [3.63, 3.8) is 0 Å². The van der Waals surface area contributed by atoms with Crippen LogP contribution in [0.15, 0.2) is 18.2 Å². The number of nitrogens with one attached hydrogen (secondary N) is 1. The van der Waals surface area contributed by atoms with Gasteiger partial charge in [0, 0.05) is 16.6 Å². The van der Waals surface area contributed by atoms with Crippen molar-refractivity contribution in [2.45, 2.75) is 25.7 Å². The molecule has 1 N–H and O–H groups in total. The molecule has 0 radical (unpaired) electrons. The quantitative estimate of drug-likeness (QED) is 0.703. The molecular formula is C13H13NO. The molecule has 0 fully saturated rings. The second kappa shape index (κ2) is 2.96. The van der Waals surface area contributed by atoms with Crippen molar-refractivity contribution in [1.29, 1.82) is 0 Å². The molecule has 15 heavy (non-hydrogen) atoms. The highest BCUT2D eigenvalue weighted by molar-refractivity contribution is 5.98. The van der Waals surface area contributed by atoms with E-state index in [0.29, 0.717) is 5.92 Å². The molecule has 0 saturated heterocycles. The van der Waals surface area contributed by atoms with Crippen molar-refractivity contribution < 1.29 is 4.79 Å². The van der Waals surface area contributed by atoms with Crippen LogP contribution in [0.2, 0.25) is 0 Å². The summed E-state index contributed by atoms with van der Waals surface area (Å²) < 4.78 is 0. The van der Waals surface area contributed by atoms with Gasteiger partial charge in [-0.1, -0.05) is 19.1 Å². The van der Waals surface area contributed by atoms with Crippen molar-refractivity contribution in [3.8, 4) is 0 Å². The first kappa shape index (κ1) is 8.72. The van der Waals surface area contributed by atoms with Crippen LogP contribution >= 0.6 is 0 Å². The third kappa shape index (κ3) is 1.08. The number of aromatic nitrogens is 1. The Bertz CT molecular complexity index is 539. The van der Waals surface area contributed by atoms with Crippen LogP contribution in [0, 0.1) is 0 Å². The van der Waals surface area contributed by atoms with E-state index in [9.17, 15) is 4.79 Å². The Kier molecular flexibility index (Phi) is 1.72. The van der Waals surface area contributed by atoms with Gasteiger partial charge in [-0.05, 0) is 30.4 Å². The summed E-state index contributed by atoms with van der Waals surface area (Å²) in [5.74, 6) is 0.621. The van der Waals surface area contributed by atoms with E-state index in [0.717, 1.165) is 23.8 Å². The molecule has 0 bridgehead atoms. The van der Waals surface area contributed by atoms with E-state index in [-0.39, 0.29) is 0 Å². The second-order valence-corrected chi connectivity index (χ2v) is 4.34. The first-order valence-electron chi connectivity index (χ1n) is 5.40. The molecule has 1 aromatic heterocycles. The van der Waals surface area contributed by atoms with E-state index >= 15 is 0 Å². The highest BCUT2D eigenvalue weighted by Gasteiger charge is 2.23. The molecule has 76 valence electrons. The lowest BCUT2D eigenvalue weighted by Gasteiger charge is -2.02. The average Bonchev–Trinajstić information content (AvgIpc) is 2.78. The molecular weight excluding hydrogens is 186 g/mol. The fraction of sp³-hybridized carbons (Fsp3) is 0.308. The number of fused-ring (bicyclic) bond motifs is 3. The monoisotopic (exact) mass is 199 g/mol. The van der Waals surface area contributed by atoms with Gasteiger partial charge in [0.05, 0.1) is 5.52 Å². The molecule has 2 nitrogen and oxygen atoms in total. The van der Waals surface area contributed by atoms with Crippen molar-refractivity contribution in [3.05, 3.63) is 35.0 Å². The van der Waals surface area contributed by atoms with E-state index in [2.05, 4.69) is 18.0 Å². The van der Waals surface area contributed by atoms with Crippen LogP contribution < -0.4 is 0 Å². The van der Waals surface area contributed by atoms with Gasteiger partial charge in [-0.2, -0.15) is 0 Å². The number of carbonyl (C=O) groups is 1. The molecule has 0 spiro atoms. The molecule has 1 atom stereocenters. The maximum atomic E-state index is 10.9. The molecule has 1 aliphatic rings. The normalized spacial score (nSPS) is 19.4. The number of H-pyrrole nitrogens is 1. The molecule has 0 amide bonds. The van der Waals surface area contributed by atoms with Gasteiger partial charge < -0.3 is 4.98 Å². The van der Waals surface area contributed by atoms with Gasteiger partial charge in [0.25, 0.3) is 0 Å².